The van der Waals surface area contributed by atoms with E-state index in [0.29, 0.717) is 23.6 Å². The summed E-state index contributed by atoms with van der Waals surface area (Å²) in [5, 5.41) is 0. The standard InChI is InChI=1S/C32H27NO4/c1-3-37-26-17-14-22(19(2)34)18-25(26)33-31(35)29-23-15-16-24(30(29)32(33)36)28(23)27(20-10-6-4-7-11-20)21-12-8-5-9-13-21/h4-18,23-24,29-30H,3H2,1-2H3/t23-,24-,29-,30+/m0/s1. The topological polar surface area (TPSA) is 63.7 Å². The lowest BCUT2D eigenvalue weighted by atomic mass is 9.85. The van der Waals surface area contributed by atoms with Gasteiger partial charge in [-0.15, -0.1) is 0 Å². The molecule has 3 aromatic rings. The number of carbonyl (C=O) groups excluding carboxylic acids is 3. The Balaban J connectivity index is 1.47. The molecule has 5 heteroatoms. The highest BCUT2D eigenvalue weighted by Crippen LogP contribution is 2.59. The van der Waals surface area contributed by atoms with E-state index >= 15 is 0 Å². The second-order valence-corrected chi connectivity index (χ2v) is 9.73. The van der Waals surface area contributed by atoms with Gasteiger partial charge < -0.3 is 4.74 Å². The van der Waals surface area contributed by atoms with E-state index < -0.39 is 11.8 Å². The molecule has 184 valence electrons. The Labute approximate surface area is 216 Å². The van der Waals surface area contributed by atoms with Gasteiger partial charge in [-0.1, -0.05) is 72.8 Å². The molecule has 2 aliphatic carbocycles. The second kappa shape index (κ2) is 9.00. The normalized spacial score (nSPS) is 23.5. The molecule has 3 aliphatic rings. The molecule has 2 amide bonds. The molecule has 1 saturated heterocycles. The lowest BCUT2D eigenvalue weighted by Crippen LogP contribution is -2.34. The van der Waals surface area contributed by atoms with Crippen molar-refractivity contribution >= 4 is 28.9 Å². The number of amides is 2. The number of carbonyl (C=O) groups is 3. The quantitative estimate of drug-likeness (QED) is 0.253. The predicted molar refractivity (Wildman–Crippen MR) is 142 cm³/mol. The molecule has 4 atom stereocenters. The number of ketones is 1. The van der Waals surface area contributed by atoms with Gasteiger partial charge in [0.1, 0.15) is 5.75 Å². The molecule has 6 rings (SSSR count). The highest BCUT2D eigenvalue weighted by atomic mass is 16.5. The molecule has 0 aromatic heterocycles. The molecule has 1 aliphatic heterocycles. The molecule has 2 bridgehead atoms. The summed E-state index contributed by atoms with van der Waals surface area (Å²) < 4.78 is 5.76. The number of Topliss-reactive ketones (excluding diaryl/α,β-unsaturated/α-hetero) is 1. The van der Waals surface area contributed by atoms with Gasteiger partial charge in [0, 0.05) is 17.4 Å². The second-order valence-electron chi connectivity index (χ2n) is 9.73. The van der Waals surface area contributed by atoms with E-state index in [-0.39, 0.29) is 29.4 Å². The smallest absolute Gasteiger partial charge is 0.238 e. The summed E-state index contributed by atoms with van der Waals surface area (Å²) in [5.41, 5.74) is 5.18. The third-order valence-corrected chi connectivity index (χ3v) is 7.74. The SMILES string of the molecule is CCOc1ccc(C(C)=O)cc1N1C(=O)[C@@H]2[C@H](C1=O)[C@H]1C=C[C@H]2C1=C(c1ccccc1)c1ccccc1. The van der Waals surface area contributed by atoms with E-state index in [1.807, 2.05) is 43.3 Å². The van der Waals surface area contributed by atoms with Crippen LogP contribution in [0.4, 0.5) is 5.69 Å². The summed E-state index contributed by atoms with van der Waals surface area (Å²) in [4.78, 5) is 41.3. The first kappa shape index (κ1) is 23.2. The van der Waals surface area contributed by atoms with Crippen LogP contribution in [0.5, 0.6) is 5.75 Å². The van der Waals surface area contributed by atoms with Crippen LogP contribution in [-0.4, -0.2) is 24.2 Å². The maximum Gasteiger partial charge on any atom is 0.238 e. The fourth-order valence-electron chi connectivity index (χ4n) is 6.23. The van der Waals surface area contributed by atoms with Crippen LogP contribution in [0.25, 0.3) is 5.57 Å². The predicted octanol–water partition coefficient (Wildman–Crippen LogP) is 5.71. The molecule has 37 heavy (non-hydrogen) atoms. The Bertz CT molecular complexity index is 1400. The van der Waals surface area contributed by atoms with Gasteiger partial charge >= 0.3 is 0 Å². The van der Waals surface area contributed by atoms with Gasteiger partial charge in [-0.3, -0.25) is 14.4 Å². The highest BCUT2D eigenvalue weighted by Gasteiger charge is 2.62. The van der Waals surface area contributed by atoms with Crippen molar-refractivity contribution in [3.8, 4) is 5.75 Å². The van der Waals surface area contributed by atoms with Crippen molar-refractivity contribution in [1.82, 2.24) is 0 Å². The molecular weight excluding hydrogens is 462 g/mol. The average molecular weight is 490 g/mol. The van der Waals surface area contributed by atoms with Gasteiger partial charge in [0.15, 0.2) is 5.78 Å². The summed E-state index contributed by atoms with van der Waals surface area (Å²) in [6.45, 7) is 3.70. The summed E-state index contributed by atoms with van der Waals surface area (Å²) in [6, 6.07) is 25.3. The molecule has 0 unspecified atom stereocenters. The van der Waals surface area contributed by atoms with Crippen molar-refractivity contribution < 1.29 is 19.1 Å². The Morgan fingerprint density at radius 2 is 1.32 bits per heavy atom. The molecule has 0 spiro atoms. The molecule has 0 radical (unpaired) electrons. The van der Waals surface area contributed by atoms with E-state index in [0.717, 1.165) is 22.3 Å². The molecule has 1 saturated carbocycles. The zero-order valence-electron chi connectivity index (χ0n) is 20.8. The minimum absolute atomic E-state index is 0.133. The van der Waals surface area contributed by atoms with Crippen LogP contribution in [0, 0.1) is 23.7 Å². The van der Waals surface area contributed by atoms with Gasteiger partial charge in [-0.2, -0.15) is 0 Å². The average Bonchev–Trinajstić information content (AvgIpc) is 3.55. The maximum absolute atomic E-state index is 14.0. The third kappa shape index (κ3) is 3.57. The van der Waals surface area contributed by atoms with Crippen LogP contribution in [-0.2, 0) is 9.59 Å². The van der Waals surface area contributed by atoms with Crippen molar-refractivity contribution in [2.24, 2.45) is 23.7 Å². The van der Waals surface area contributed by atoms with Gasteiger partial charge in [-0.25, -0.2) is 4.90 Å². The van der Waals surface area contributed by atoms with E-state index in [2.05, 4.69) is 36.4 Å². The lowest BCUT2D eigenvalue weighted by Gasteiger charge is -2.23. The Morgan fingerprint density at radius 3 is 1.81 bits per heavy atom. The molecule has 2 fully saturated rings. The third-order valence-electron chi connectivity index (χ3n) is 7.74. The molecule has 0 N–H and O–H groups in total. The fraction of sp³-hybridized carbons (Fsp3) is 0.219. The molecular formula is C32H27NO4. The van der Waals surface area contributed by atoms with Gasteiger partial charge in [-0.05, 0) is 54.3 Å². The number of benzene rings is 3. The Kier molecular flexibility index (Phi) is 5.64. The maximum atomic E-state index is 14.0. The largest absolute Gasteiger partial charge is 0.492 e. The van der Waals surface area contributed by atoms with Crippen molar-refractivity contribution in [2.75, 3.05) is 11.5 Å². The number of nitrogens with zero attached hydrogens (tertiary/aromatic N) is 1. The number of fused-ring (bicyclic) bond motifs is 5. The summed E-state index contributed by atoms with van der Waals surface area (Å²) in [7, 11) is 0. The number of allylic oxidation sites excluding steroid dienone is 3. The van der Waals surface area contributed by atoms with Crippen LogP contribution in [0.2, 0.25) is 0 Å². The van der Waals surface area contributed by atoms with E-state index in [4.69, 9.17) is 4.74 Å². The van der Waals surface area contributed by atoms with Crippen LogP contribution in [0.15, 0.2) is 96.6 Å². The first-order valence-corrected chi connectivity index (χ1v) is 12.7. The number of ether oxygens (including phenoxy) is 1. The zero-order chi connectivity index (χ0) is 25.7. The van der Waals surface area contributed by atoms with Crippen LogP contribution >= 0.6 is 0 Å². The fourth-order valence-corrected chi connectivity index (χ4v) is 6.23. The van der Waals surface area contributed by atoms with Crippen LogP contribution in [0.3, 0.4) is 0 Å². The highest BCUT2D eigenvalue weighted by molar-refractivity contribution is 6.24. The number of hydrogen-bond acceptors (Lipinski definition) is 4. The number of hydrogen-bond donors (Lipinski definition) is 0. The number of imide groups is 1. The van der Waals surface area contributed by atoms with E-state index in [9.17, 15) is 14.4 Å². The van der Waals surface area contributed by atoms with Gasteiger partial charge in [0.25, 0.3) is 0 Å². The molecule has 3 aromatic carbocycles. The van der Waals surface area contributed by atoms with Crippen molar-refractivity contribution in [3.63, 3.8) is 0 Å². The molecule has 5 nitrogen and oxygen atoms in total. The van der Waals surface area contributed by atoms with Gasteiger partial charge in [0.05, 0.1) is 24.1 Å². The van der Waals surface area contributed by atoms with E-state index in [1.165, 1.54) is 11.8 Å². The Hall–Kier alpha value is -4.25. The lowest BCUT2D eigenvalue weighted by molar-refractivity contribution is -0.123. The van der Waals surface area contributed by atoms with Crippen molar-refractivity contribution in [3.05, 3.63) is 113 Å². The first-order chi connectivity index (χ1) is 18.0. The van der Waals surface area contributed by atoms with E-state index in [1.54, 1.807) is 18.2 Å². The van der Waals surface area contributed by atoms with Crippen LogP contribution < -0.4 is 9.64 Å². The van der Waals surface area contributed by atoms with Gasteiger partial charge in [0.2, 0.25) is 11.8 Å². The summed E-state index contributed by atoms with van der Waals surface area (Å²) in [6.07, 6.45) is 4.19. The number of rotatable bonds is 6. The number of anilines is 1. The molecule has 1 heterocycles. The monoisotopic (exact) mass is 489 g/mol. The van der Waals surface area contributed by atoms with Crippen molar-refractivity contribution in [2.45, 2.75) is 13.8 Å². The summed E-state index contributed by atoms with van der Waals surface area (Å²) >= 11 is 0. The zero-order valence-corrected chi connectivity index (χ0v) is 20.8. The first-order valence-electron chi connectivity index (χ1n) is 12.7. The minimum atomic E-state index is -0.476. The Morgan fingerprint density at radius 1 is 0.784 bits per heavy atom. The minimum Gasteiger partial charge on any atom is -0.492 e. The summed E-state index contributed by atoms with van der Waals surface area (Å²) in [5.74, 6) is -1.45. The van der Waals surface area contributed by atoms with Crippen molar-refractivity contribution in [1.29, 1.82) is 0 Å². The van der Waals surface area contributed by atoms with Crippen LogP contribution in [0.1, 0.15) is 35.3 Å².